The highest BCUT2D eigenvalue weighted by Gasteiger charge is 2.10. The van der Waals surface area contributed by atoms with Crippen LogP contribution in [0.2, 0.25) is 0 Å². The molecule has 0 aliphatic heterocycles. The van der Waals surface area contributed by atoms with E-state index in [1.807, 2.05) is 34.9 Å². The molecule has 0 saturated carbocycles. The van der Waals surface area contributed by atoms with Crippen LogP contribution in [-0.4, -0.2) is 17.2 Å². The smallest absolute Gasteiger partial charge is 0.251 e. The molecule has 1 aromatic heterocycles. The highest BCUT2D eigenvalue weighted by Crippen LogP contribution is 2.12. The van der Waals surface area contributed by atoms with Crippen molar-refractivity contribution in [2.45, 2.75) is 39.3 Å². The molecular formula is C16H22N2O. The number of pyridine rings is 1. The lowest BCUT2D eigenvalue weighted by molar-refractivity contribution is 0.429. The van der Waals surface area contributed by atoms with Crippen LogP contribution in [0.5, 0.6) is 0 Å². The number of fused-ring (bicyclic) bond motifs is 1. The van der Waals surface area contributed by atoms with Crippen molar-refractivity contribution in [3.63, 3.8) is 0 Å². The van der Waals surface area contributed by atoms with Crippen LogP contribution in [0.1, 0.15) is 26.7 Å². The summed E-state index contributed by atoms with van der Waals surface area (Å²) in [5, 5.41) is 4.58. The van der Waals surface area contributed by atoms with Gasteiger partial charge >= 0.3 is 0 Å². The second-order valence-electron chi connectivity index (χ2n) is 4.88. The monoisotopic (exact) mass is 258 g/mol. The quantitative estimate of drug-likeness (QED) is 0.864. The molecule has 1 aromatic carbocycles. The Kier molecular flexibility index (Phi) is 4.74. The summed E-state index contributed by atoms with van der Waals surface area (Å²) in [6.45, 7) is 5.96. The molecule has 0 aliphatic carbocycles. The maximum atomic E-state index is 12.1. The lowest BCUT2D eigenvalue weighted by atomic mass is 10.1. The minimum Gasteiger partial charge on any atom is -0.312 e. The predicted molar refractivity (Wildman–Crippen MR) is 80.6 cm³/mol. The normalized spacial score (nSPS) is 12.7. The molecule has 2 aromatic rings. The largest absolute Gasteiger partial charge is 0.312 e. The molecule has 1 N–H and O–H groups in total. The second-order valence-corrected chi connectivity index (χ2v) is 4.88. The van der Waals surface area contributed by atoms with E-state index in [9.17, 15) is 4.79 Å². The van der Waals surface area contributed by atoms with Gasteiger partial charge in [0.1, 0.15) is 0 Å². The fourth-order valence-corrected chi connectivity index (χ4v) is 2.55. The van der Waals surface area contributed by atoms with E-state index >= 15 is 0 Å². The van der Waals surface area contributed by atoms with Gasteiger partial charge in [0, 0.05) is 18.7 Å². The average molecular weight is 258 g/mol. The number of rotatable bonds is 6. The summed E-state index contributed by atoms with van der Waals surface area (Å²) in [5.74, 6) is 0. The fourth-order valence-electron chi connectivity index (χ4n) is 2.55. The van der Waals surface area contributed by atoms with Gasteiger partial charge in [-0.3, -0.25) is 4.79 Å². The Bertz CT molecular complexity index is 583. The molecule has 0 saturated heterocycles. The third kappa shape index (κ3) is 3.24. The molecule has 3 nitrogen and oxygen atoms in total. The van der Waals surface area contributed by atoms with Gasteiger partial charge in [0.25, 0.3) is 5.56 Å². The minimum atomic E-state index is 0.0812. The van der Waals surface area contributed by atoms with Crippen LogP contribution in [0.15, 0.2) is 41.2 Å². The third-order valence-electron chi connectivity index (χ3n) is 3.43. The molecule has 0 aliphatic rings. The molecule has 1 heterocycles. The minimum absolute atomic E-state index is 0.0812. The van der Waals surface area contributed by atoms with Crippen molar-refractivity contribution in [2.24, 2.45) is 0 Å². The van der Waals surface area contributed by atoms with E-state index in [4.69, 9.17) is 0 Å². The van der Waals surface area contributed by atoms with Crippen LogP contribution in [0.4, 0.5) is 0 Å². The van der Waals surface area contributed by atoms with Gasteiger partial charge in [-0.05, 0) is 30.5 Å². The Morgan fingerprint density at radius 2 is 1.95 bits per heavy atom. The Morgan fingerprint density at radius 1 is 1.16 bits per heavy atom. The van der Waals surface area contributed by atoms with Crippen molar-refractivity contribution in [2.75, 3.05) is 6.54 Å². The van der Waals surface area contributed by atoms with E-state index in [1.54, 1.807) is 6.07 Å². The van der Waals surface area contributed by atoms with Crippen molar-refractivity contribution >= 4 is 10.9 Å². The molecule has 0 fully saturated rings. The molecule has 0 radical (unpaired) electrons. The van der Waals surface area contributed by atoms with E-state index < -0.39 is 0 Å². The number of hydrogen-bond donors (Lipinski definition) is 1. The molecule has 0 amide bonds. The molecule has 1 unspecified atom stereocenters. The Morgan fingerprint density at radius 3 is 2.68 bits per heavy atom. The second kappa shape index (κ2) is 6.53. The summed E-state index contributed by atoms with van der Waals surface area (Å²) in [5.41, 5.74) is 1.10. The van der Waals surface area contributed by atoms with Gasteiger partial charge in [0.2, 0.25) is 0 Å². The summed E-state index contributed by atoms with van der Waals surface area (Å²) in [7, 11) is 0. The van der Waals surface area contributed by atoms with Gasteiger partial charge in [-0.25, -0.2) is 0 Å². The lowest BCUT2D eigenvalue weighted by Gasteiger charge is -2.19. The van der Waals surface area contributed by atoms with E-state index in [2.05, 4.69) is 19.2 Å². The zero-order chi connectivity index (χ0) is 13.7. The molecule has 19 heavy (non-hydrogen) atoms. The molecule has 102 valence electrons. The fraction of sp³-hybridized carbons (Fsp3) is 0.438. The number of para-hydroxylation sites is 1. The SMILES string of the molecule is CCCC(Cn1c(=O)ccc2ccccc21)NCC. The van der Waals surface area contributed by atoms with Crippen molar-refractivity contribution in [1.29, 1.82) is 0 Å². The van der Waals surface area contributed by atoms with E-state index in [1.165, 1.54) is 0 Å². The highest BCUT2D eigenvalue weighted by molar-refractivity contribution is 5.78. The van der Waals surface area contributed by atoms with Crippen LogP contribution in [0.25, 0.3) is 10.9 Å². The number of benzene rings is 1. The Labute approximate surface area is 114 Å². The van der Waals surface area contributed by atoms with Crippen LogP contribution in [0.3, 0.4) is 0 Å². The number of aromatic nitrogens is 1. The summed E-state index contributed by atoms with van der Waals surface area (Å²) < 4.78 is 1.89. The Hall–Kier alpha value is -1.61. The van der Waals surface area contributed by atoms with Crippen LogP contribution >= 0.6 is 0 Å². The number of nitrogens with one attached hydrogen (secondary N) is 1. The third-order valence-corrected chi connectivity index (χ3v) is 3.43. The summed E-state index contributed by atoms with van der Waals surface area (Å²) in [6, 6.07) is 12.0. The molecular weight excluding hydrogens is 236 g/mol. The first-order valence-electron chi connectivity index (χ1n) is 7.08. The average Bonchev–Trinajstić information content (AvgIpc) is 2.42. The van der Waals surface area contributed by atoms with E-state index in [0.717, 1.165) is 36.8 Å². The molecule has 1 atom stereocenters. The molecule has 0 spiro atoms. The van der Waals surface area contributed by atoms with E-state index in [0.29, 0.717) is 6.04 Å². The van der Waals surface area contributed by atoms with Gasteiger partial charge in [0.15, 0.2) is 0 Å². The van der Waals surface area contributed by atoms with Gasteiger partial charge in [-0.1, -0.05) is 38.5 Å². The highest BCUT2D eigenvalue weighted by atomic mass is 16.1. The Balaban J connectivity index is 2.37. The summed E-state index contributed by atoms with van der Waals surface area (Å²) >= 11 is 0. The maximum Gasteiger partial charge on any atom is 0.251 e. The summed E-state index contributed by atoms with van der Waals surface area (Å²) in [6.07, 6.45) is 2.21. The van der Waals surface area contributed by atoms with Crippen molar-refractivity contribution in [3.8, 4) is 0 Å². The lowest BCUT2D eigenvalue weighted by Crippen LogP contribution is -2.36. The zero-order valence-electron chi connectivity index (χ0n) is 11.7. The van der Waals surface area contributed by atoms with Crippen molar-refractivity contribution < 1.29 is 0 Å². The first-order chi connectivity index (χ1) is 9.26. The molecule has 0 bridgehead atoms. The first-order valence-corrected chi connectivity index (χ1v) is 7.08. The molecule has 2 rings (SSSR count). The zero-order valence-corrected chi connectivity index (χ0v) is 11.7. The maximum absolute atomic E-state index is 12.1. The number of nitrogens with zero attached hydrogens (tertiary/aromatic N) is 1. The van der Waals surface area contributed by atoms with Crippen LogP contribution in [-0.2, 0) is 6.54 Å². The van der Waals surface area contributed by atoms with Crippen molar-refractivity contribution in [3.05, 3.63) is 46.8 Å². The topological polar surface area (TPSA) is 34.0 Å². The molecule has 3 heteroatoms. The number of hydrogen-bond acceptors (Lipinski definition) is 2. The predicted octanol–water partition coefficient (Wildman–Crippen LogP) is 2.78. The van der Waals surface area contributed by atoms with Gasteiger partial charge in [-0.2, -0.15) is 0 Å². The van der Waals surface area contributed by atoms with Gasteiger partial charge < -0.3 is 9.88 Å². The summed E-state index contributed by atoms with van der Waals surface area (Å²) in [4.78, 5) is 12.1. The van der Waals surface area contributed by atoms with Crippen LogP contribution in [0, 0.1) is 0 Å². The number of likely N-dealkylation sites (N-methyl/N-ethyl adjacent to an activating group) is 1. The van der Waals surface area contributed by atoms with Gasteiger partial charge in [0.05, 0.1) is 5.52 Å². The van der Waals surface area contributed by atoms with Gasteiger partial charge in [-0.15, -0.1) is 0 Å². The first kappa shape index (κ1) is 13.8. The standard InChI is InChI=1S/C16H22N2O/c1-3-7-14(17-4-2)12-18-15-9-6-5-8-13(15)10-11-16(18)19/h5-6,8-11,14,17H,3-4,7,12H2,1-2H3. The van der Waals surface area contributed by atoms with Crippen molar-refractivity contribution in [1.82, 2.24) is 9.88 Å². The van der Waals surface area contributed by atoms with Crippen LogP contribution < -0.4 is 10.9 Å². The van der Waals surface area contributed by atoms with E-state index in [-0.39, 0.29) is 5.56 Å².